The smallest absolute Gasteiger partial charge is 0.0108 e. The van der Waals surface area contributed by atoms with Gasteiger partial charge in [0.2, 0.25) is 0 Å². The maximum Gasteiger partial charge on any atom is 0.0108 e. The molecule has 1 aromatic rings. The van der Waals surface area contributed by atoms with Gasteiger partial charge in [-0.05, 0) is 54.5 Å². The molecule has 2 rings (SSSR count). The van der Waals surface area contributed by atoms with Crippen molar-refractivity contribution in [2.24, 2.45) is 17.1 Å². The molecule has 0 bridgehead atoms. The van der Waals surface area contributed by atoms with Gasteiger partial charge in [-0.25, -0.2) is 0 Å². The molecular formula is C15H25NS. The fourth-order valence-corrected chi connectivity index (χ4v) is 3.89. The lowest BCUT2D eigenvalue weighted by molar-refractivity contribution is 0.154. The van der Waals surface area contributed by atoms with Crippen LogP contribution in [0.1, 0.15) is 56.4 Å². The van der Waals surface area contributed by atoms with Crippen molar-refractivity contribution in [3.8, 4) is 0 Å². The minimum Gasteiger partial charge on any atom is -0.327 e. The Bertz CT molecular complexity index is 375. The Morgan fingerprint density at radius 3 is 2.53 bits per heavy atom. The third-order valence-corrected chi connectivity index (χ3v) is 5.29. The van der Waals surface area contributed by atoms with Crippen LogP contribution in [-0.2, 0) is 0 Å². The van der Waals surface area contributed by atoms with E-state index in [0.29, 0.717) is 17.4 Å². The van der Waals surface area contributed by atoms with Crippen molar-refractivity contribution in [1.82, 2.24) is 0 Å². The standard InChI is InChI=1S/C15H25NS/c1-10-12(7-8-17-10)13-9-11(15(2,3)4)5-6-14(13)16/h7-8,11,13-14H,5-6,9,16H2,1-4H3. The van der Waals surface area contributed by atoms with E-state index < -0.39 is 0 Å². The fraction of sp³-hybridized carbons (Fsp3) is 0.733. The van der Waals surface area contributed by atoms with Gasteiger partial charge in [-0.2, -0.15) is 0 Å². The van der Waals surface area contributed by atoms with Gasteiger partial charge < -0.3 is 5.73 Å². The molecule has 0 amide bonds. The predicted molar refractivity (Wildman–Crippen MR) is 76.6 cm³/mol. The Kier molecular flexibility index (Phi) is 3.65. The number of hydrogen-bond acceptors (Lipinski definition) is 2. The van der Waals surface area contributed by atoms with Crippen LogP contribution in [0, 0.1) is 18.3 Å². The molecule has 0 radical (unpaired) electrons. The second-order valence-electron chi connectivity index (χ2n) is 6.58. The molecule has 2 heteroatoms. The van der Waals surface area contributed by atoms with E-state index in [1.165, 1.54) is 29.7 Å². The zero-order valence-electron chi connectivity index (χ0n) is 11.5. The highest BCUT2D eigenvalue weighted by Gasteiger charge is 2.35. The van der Waals surface area contributed by atoms with E-state index in [2.05, 4.69) is 39.1 Å². The number of rotatable bonds is 1. The first kappa shape index (κ1) is 13.1. The molecule has 1 heterocycles. The summed E-state index contributed by atoms with van der Waals surface area (Å²) in [5, 5.41) is 2.21. The van der Waals surface area contributed by atoms with Crippen molar-refractivity contribution in [2.75, 3.05) is 0 Å². The van der Waals surface area contributed by atoms with E-state index in [-0.39, 0.29) is 0 Å². The molecule has 17 heavy (non-hydrogen) atoms. The third-order valence-electron chi connectivity index (χ3n) is 4.43. The summed E-state index contributed by atoms with van der Waals surface area (Å²) in [6.45, 7) is 9.33. The molecule has 3 unspecified atom stereocenters. The Hall–Kier alpha value is -0.340. The number of nitrogens with two attached hydrogens (primary N) is 1. The molecule has 1 fully saturated rings. The van der Waals surface area contributed by atoms with Crippen LogP contribution in [0.15, 0.2) is 11.4 Å². The van der Waals surface area contributed by atoms with E-state index in [1.807, 2.05) is 11.3 Å². The SMILES string of the molecule is Cc1sccc1C1CC(C(C)(C)C)CCC1N. The van der Waals surface area contributed by atoms with Gasteiger partial charge >= 0.3 is 0 Å². The van der Waals surface area contributed by atoms with Crippen molar-refractivity contribution in [3.05, 3.63) is 21.9 Å². The monoisotopic (exact) mass is 251 g/mol. The maximum absolute atomic E-state index is 6.35. The molecule has 0 saturated heterocycles. The van der Waals surface area contributed by atoms with E-state index in [0.717, 1.165) is 5.92 Å². The quantitative estimate of drug-likeness (QED) is 0.790. The summed E-state index contributed by atoms with van der Waals surface area (Å²) in [5.74, 6) is 1.39. The average molecular weight is 251 g/mol. The predicted octanol–water partition coefficient (Wildman–Crippen LogP) is 4.31. The van der Waals surface area contributed by atoms with Crippen molar-refractivity contribution in [2.45, 2.75) is 58.9 Å². The van der Waals surface area contributed by atoms with Crippen LogP contribution in [0.2, 0.25) is 0 Å². The van der Waals surface area contributed by atoms with Gasteiger partial charge in [0.05, 0.1) is 0 Å². The second kappa shape index (κ2) is 4.74. The van der Waals surface area contributed by atoms with Crippen molar-refractivity contribution >= 4 is 11.3 Å². The van der Waals surface area contributed by atoms with Crippen LogP contribution in [0.3, 0.4) is 0 Å². The summed E-state index contributed by atoms with van der Waals surface area (Å²) in [4.78, 5) is 1.46. The first-order chi connectivity index (χ1) is 7.89. The largest absolute Gasteiger partial charge is 0.327 e. The van der Waals surface area contributed by atoms with Gasteiger partial charge in [-0.15, -0.1) is 11.3 Å². The van der Waals surface area contributed by atoms with Crippen LogP contribution in [-0.4, -0.2) is 6.04 Å². The topological polar surface area (TPSA) is 26.0 Å². The van der Waals surface area contributed by atoms with Crippen LogP contribution >= 0.6 is 11.3 Å². The maximum atomic E-state index is 6.35. The molecule has 1 saturated carbocycles. The van der Waals surface area contributed by atoms with Crippen LogP contribution in [0.5, 0.6) is 0 Å². The minimum atomic E-state index is 0.363. The number of aryl methyl sites for hydroxylation is 1. The highest BCUT2D eigenvalue weighted by Crippen LogP contribution is 2.44. The average Bonchev–Trinajstić information content (AvgIpc) is 2.63. The van der Waals surface area contributed by atoms with Gasteiger partial charge in [0.25, 0.3) is 0 Å². The summed E-state index contributed by atoms with van der Waals surface area (Å²) >= 11 is 1.85. The van der Waals surface area contributed by atoms with Gasteiger partial charge in [-0.3, -0.25) is 0 Å². The lowest BCUT2D eigenvalue weighted by Crippen LogP contribution is -2.38. The fourth-order valence-electron chi connectivity index (χ4n) is 3.12. The highest BCUT2D eigenvalue weighted by atomic mass is 32.1. The number of thiophene rings is 1. The normalized spacial score (nSPS) is 30.5. The van der Waals surface area contributed by atoms with E-state index >= 15 is 0 Å². The van der Waals surface area contributed by atoms with Gasteiger partial charge in [0, 0.05) is 16.8 Å². The second-order valence-corrected chi connectivity index (χ2v) is 7.70. The highest BCUT2D eigenvalue weighted by molar-refractivity contribution is 7.10. The van der Waals surface area contributed by atoms with Gasteiger partial charge in [-0.1, -0.05) is 20.8 Å². The molecule has 2 N–H and O–H groups in total. The summed E-state index contributed by atoms with van der Waals surface area (Å²) in [6.07, 6.45) is 3.74. The van der Waals surface area contributed by atoms with Crippen LogP contribution in [0.25, 0.3) is 0 Å². The molecule has 0 spiro atoms. The summed E-state index contributed by atoms with van der Waals surface area (Å²) in [6, 6.07) is 2.65. The molecular weight excluding hydrogens is 226 g/mol. The molecule has 1 aromatic heterocycles. The Balaban J connectivity index is 2.19. The van der Waals surface area contributed by atoms with Crippen LogP contribution in [0.4, 0.5) is 0 Å². The molecule has 0 aromatic carbocycles. The van der Waals surface area contributed by atoms with E-state index in [4.69, 9.17) is 5.73 Å². The van der Waals surface area contributed by atoms with E-state index in [9.17, 15) is 0 Å². The van der Waals surface area contributed by atoms with Crippen LogP contribution < -0.4 is 5.73 Å². The summed E-state index contributed by atoms with van der Waals surface area (Å²) < 4.78 is 0. The Morgan fingerprint density at radius 2 is 2.00 bits per heavy atom. The summed E-state index contributed by atoms with van der Waals surface area (Å²) in [5.41, 5.74) is 8.28. The molecule has 1 aliphatic carbocycles. The third kappa shape index (κ3) is 2.74. The van der Waals surface area contributed by atoms with Crippen molar-refractivity contribution < 1.29 is 0 Å². The first-order valence-electron chi connectivity index (χ1n) is 6.69. The molecule has 96 valence electrons. The van der Waals surface area contributed by atoms with Gasteiger partial charge in [0.15, 0.2) is 0 Å². The first-order valence-corrected chi connectivity index (χ1v) is 7.57. The number of hydrogen-bond donors (Lipinski definition) is 1. The Labute approximate surface area is 109 Å². The molecule has 1 nitrogen and oxygen atoms in total. The summed E-state index contributed by atoms with van der Waals surface area (Å²) in [7, 11) is 0. The molecule has 0 aliphatic heterocycles. The lowest BCUT2D eigenvalue weighted by Gasteiger charge is -2.40. The van der Waals surface area contributed by atoms with Crippen molar-refractivity contribution in [1.29, 1.82) is 0 Å². The lowest BCUT2D eigenvalue weighted by atomic mass is 9.66. The Morgan fingerprint density at radius 1 is 1.29 bits per heavy atom. The zero-order valence-corrected chi connectivity index (χ0v) is 12.3. The van der Waals surface area contributed by atoms with E-state index in [1.54, 1.807) is 0 Å². The van der Waals surface area contributed by atoms with Crippen molar-refractivity contribution in [3.63, 3.8) is 0 Å². The zero-order chi connectivity index (χ0) is 12.6. The minimum absolute atomic E-state index is 0.363. The molecule has 3 atom stereocenters. The van der Waals surface area contributed by atoms with Gasteiger partial charge in [0.1, 0.15) is 0 Å². The molecule has 1 aliphatic rings.